The van der Waals surface area contributed by atoms with Crippen molar-refractivity contribution in [2.45, 2.75) is 13.0 Å². The molecule has 1 unspecified atom stereocenters. The monoisotopic (exact) mass is 395 g/mol. The van der Waals surface area contributed by atoms with Gasteiger partial charge in [0.15, 0.2) is 0 Å². The summed E-state index contributed by atoms with van der Waals surface area (Å²) in [4.78, 5) is 38.6. The van der Waals surface area contributed by atoms with Crippen LogP contribution < -0.4 is 10.6 Å². The lowest BCUT2D eigenvalue weighted by Gasteiger charge is -2.32. The van der Waals surface area contributed by atoms with Gasteiger partial charge in [0, 0.05) is 0 Å². The normalized spacial score (nSPS) is 18.3. The van der Waals surface area contributed by atoms with Crippen LogP contribution in [0, 0.1) is 12.7 Å². The lowest BCUT2D eigenvalue weighted by atomic mass is 9.95. The number of halogens is 1. The van der Waals surface area contributed by atoms with Crippen molar-refractivity contribution in [3.05, 3.63) is 76.7 Å². The number of benzene rings is 2. The van der Waals surface area contributed by atoms with Gasteiger partial charge >= 0.3 is 12.0 Å². The summed E-state index contributed by atoms with van der Waals surface area (Å²) in [6.45, 7) is 1.46. The molecule has 4 rings (SSSR count). The Morgan fingerprint density at radius 3 is 2.66 bits per heavy atom. The van der Waals surface area contributed by atoms with E-state index < -0.39 is 29.8 Å². The minimum absolute atomic E-state index is 0.0143. The van der Waals surface area contributed by atoms with Crippen LogP contribution in [0.25, 0.3) is 0 Å². The van der Waals surface area contributed by atoms with E-state index in [0.717, 1.165) is 16.0 Å². The number of aryl methyl sites for hydroxylation is 1. The van der Waals surface area contributed by atoms with Gasteiger partial charge in [-0.3, -0.25) is 9.69 Å². The standard InChI is InChI=1S/C21H18FN3O4/c1-12-6-8-13(9-7-12)19-18-16(11-29-20(18)27)25(21(28)24-19)10-17(26)23-15-5-3-2-4-14(15)22/h2-9,19H,10-11H2,1H3,(H,23,26)(H,24,28). The molecule has 0 spiro atoms. The van der Waals surface area contributed by atoms with Crippen LogP contribution in [0.3, 0.4) is 0 Å². The summed E-state index contributed by atoms with van der Waals surface area (Å²) in [6, 6.07) is 12.0. The van der Waals surface area contributed by atoms with Crippen LogP contribution in [0.15, 0.2) is 59.8 Å². The number of carbonyl (C=O) groups excluding carboxylic acids is 3. The first-order valence-electron chi connectivity index (χ1n) is 9.03. The molecule has 0 fully saturated rings. The van der Waals surface area contributed by atoms with Crippen LogP contribution >= 0.6 is 0 Å². The Morgan fingerprint density at radius 1 is 1.21 bits per heavy atom. The number of cyclic esters (lactones) is 1. The van der Waals surface area contributed by atoms with E-state index in [9.17, 15) is 18.8 Å². The van der Waals surface area contributed by atoms with E-state index in [-0.39, 0.29) is 18.8 Å². The zero-order valence-electron chi connectivity index (χ0n) is 15.6. The number of urea groups is 1. The number of hydrogen-bond donors (Lipinski definition) is 2. The van der Waals surface area contributed by atoms with Crippen molar-refractivity contribution in [3.63, 3.8) is 0 Å². The Kier molecular flexibility index (Phi) is 4.75. The quantitative estimate of drug-likeness (QED) is 0.779. The van der Waals surface area contributed by atoms with Crippen molar-refractivity contribution in [1.29, 1.82) is 0 Å². The number of rotatable bonds is 4. The fraction of sp³-hybridized carbons (Fsp3) is 0.190. The molecule has 0 bridgehead atoms. The van der Waals surface area contributed by atoms with Crippen molar-refractivity contribution in [2.75, 3.05) is 18.5 Å². The van der Waals surface area contributed by atoms with E-state index in [1.54, 1.807) is 6.07 Å². The van der Waals surface area contributed by atoms with Gasteiger partial charge in [-0.25, -0.2) is 14.0 Å². The number of esters is 1. The molecule has 29 heavy (non-hydrogen) atoms. The number of amides is 3. The SMILES string of the molecule is Cc1ccc(C2NC(=O)N(CC(=O)Nc3ccccc3F)C3=C2C(=O)OC3)cc1. The lowest BCUT2D eigenvalue weighted by molar-refractivity contribution is -0.136. The van der Waals surface area contributed by atoms with Crippen molar-refractivity contribution in [3.8, 4) is 0 Å². The average Bonchev–Trinajstić information content (AvgIpc) is 3.08. The third kappa shape index (κ3) is 3.56. The number of anilines is 1. The van der Waals surface area contributed by atoms with E-state index in [2.05, 4.69) is 10.6 Å². The van der Waals surface area contributed by atoms with Crippen LogP contribution in [0.5, 0.6) is 0 Å². The van der Waals surface area contributed by atoms with Crippen LogP contribution in [-0.4, -0.2) is 36.0 Å². The molecule has 0 saturated heterocycles. The topological polar surface area (TPSA) is 87.7 Å². The molecule has 148 valence electrons. The molecule has 0 saturated carbocycles. The van der Waals surface area contributed by atoms with Crippen molar-refractivity contribution in [2.24, 2.45) is 0 Å². The van der Waals surface area contributed by atoms with Crippen LogP contribution in [-0.2, 0) is 14.3 Å². The number of nitrogens with zero attached hydrogens (tertiary/aromatic N) is 1. The van der Waals surface area contributed by atoms with E-state index >= 15 is 0 Å². The van der Waals surface area contributed by atoms with E-state index in [1.165, 1.54) is 18.2 Å². The number of para-hydroxylation sites is 1. The minimum Gasteiger partial charge on any atom is -0.456 e. The van der Waals surface area contributed by atoms with Crippen molar-refractivity contribution in [1.82, 2.24) is 10.2 Å². The Labute approximate surface area is 166 Å². The summed E-state index contributed by atoms with van der Waals surface area (Å²) in [5, 5.41) is 5.19. The molecular formula is C21H18FN3O4. The lowest BCUT2D eigenvalue weighted by Crippen LogP contribution is -2.49. The summed E-state index contributed by atoms with van der Waals surface area (Å²) in [7, 11) is 0. The van der Waals surface area contributed by atoms with Gasteiger partial charge in [0.2, 0.25) is 5.91 Å². The third-order valence-corrected chi connectivity index (χ3v) is 4.86. The smallest absolute Gasteiger partial charge is 0.338 e. The summed E-state index contributed by atoms with van der Waals surface area (Å²) in [5.41, 5.74) is 2.44. The molecule has 2 N–H and O–H groups in total. The van der Waals surface area contributed by atoms with Gasteiger partial charge in [0.1, 0.15) is 19.0 Å². The highest BCUT2D eigenvalue weighted by Gasteiger charge is 2.42. The molecule has 0 aliphatic carbocycles. The first-order valence-corrected chi connectivity index (χ1v) is 9.03. The maximum absolute atomic E-state index is 13.8. The first-order chi connectivity index (χ1) is 13.9. The maximum Gasteiger partial charge on any atom is 0.338 e. The number of nitrogens with one attached hydrogen (secondary N) is 2. The highest BCUT2D eigenvalue weighted by atomic mass is 19.1. The molecule has 2 aliphatic rings. The van der Waals surface area contributed by atoms with Crippen molar-refractivity contribution < 1.29 is 23.5 Å². The second kappa shape index (κ2) is 7.38. The van der Waals surface area contributed by atoms with Crippen molar-refractivity contribution >= 4 is 23.6 Å². The number of hydrogen-bond acceptors (Lipinski definition) is 4. The molecule has 7 nitrogen and oxygen atoms in total. The van der Waals surface area contributed by atoms with E-state index in [4.69, 9.17) is 4.74 Å². The summed E-state index contributed by atoms with van der Waals surface area (Å²) >= 11 is 0. The fourth-order valence-corrected chi connectivity index (χ4v) is 3.38. The van der Waals surface area contributed by atoms with Gasteiger partial charge in [0.05, 0.1) is 23.0 Å². The largest absolute Gasteiger partial charge is 0.456 e. The molecule has 0 aromatic heterocycles. The van der Waals surface area contributed by atoms with Gasteiger partial charge < -0.3 is 15.4 Å². The molecular weight excluding hydrogens is 377 g/mol. The zero-order chi connectivity index (χ0) is 20.5. The molecule has 3 amide bonds. The minimum atomic E-state index is -0.654. The molecule has 2 aromatic rings. The first kappa shape index (κ1) is 18.7. The fourth-order valence-electron chi connectivity index (χ4n) is 3.38. The number of ether oxygens (including phenoxy) is 1. The molecule has 0 radical (unpaired) electrons. The highest BCUT2D eigenvalue weighted by molar-refractivity contribution is 6.00. The van der Waals surface area contributed by atoms with Gasteiger partial charge in [-0.05, 0) is 24.6 Å². The zero-order valence-corrected chi connectivity index (χ0v) is 15.6. The van der Waals surface area contributed by atoms with Crippen LogP contribution in [0.2, 0.25) is 0 Å². The van der Waals surface area contributed by atoms with Gasteiger partial charge in [-0.15, -0.1) is 0 Å². The molecule has 8 heteroatoms. The Bertz CT molecular complexity index is 1030. The van der Waals surface area contributed by atoms with Gasteiger partial charge in [-0.1, -0.05) is 42.0 Å². The second-order valence-corrected chi connectivity index (χ2v) is 6.84. The van der Waals surface area contributed by atoms with E-state index in [0.29, 0.717) is 11.3 Å². The predicted octanol–water partition coefficient (Wildman–Crippen LogP) is 2.65. The molecule has 1 atom stereocenters. The molecule has 2 aliphatic heterocycles. The van der Waals surface area contributed by atoms with Gasteiger partial charge in [-0.2, -0.15) is 0 Å². The Balaban J connectivity index is 1.60. The second-order valence-electron chi connectivity index (χ2n) is 6.84. The Hall–Kier alpha value is -3.68. The Morgan fingerprint density at radius 2 is 1.93 bits per heavy atom. The van der Waals surface area contributed by atoms with Gasteiger partial charge in [0.25, 0.3) is 0 Å². The summed E-state index contributed by atoms with van der Waals surface area (Å²) < 4.78 is 18.9. The van der Waals surface area contributed by atoms with Crippen LogP contribution in [0.4, 0.5) is 14.9 Å². The number of carbonyl (C=O) groups is 3. The third-order valence-electron chi connectivity index (χ3n) is 4.86. The maximum atomic E-state index is 13.8. The molecule has 2 aromatic carbocycles. The summed E-state index contributed by atoms with van der Waals surface area (Å²) in [6.07, 6.45) is 0. The highest BCUT2D eigenvalue weighted by Crippen LogP contribution is 2.35. The molecule has 2 heterocycles. The van der Waals surface area contributed by atoms with Crippen LogP contribution in [0.1, 0.15) is 17.2 Å². The summed E-state index contributed by atoms with van der Waals surface area (Å²) in [5.74, 6) is -1.71. The average molecular weight is 395 g/mol. The van der Waals surface area contributed by atoms with E-state index in [1.807, 2.05) is 31.2 Å². The predicted molar refractivity (Wildman–Crippen MR) is 102 cm³/mol.